The lowest BCUT2D eigenvalue weighted by Gasteiger charge is -2.17. The van der Waals surface area contributed by atoms with Crippen LogP contribution in [0.4, 0.5) is 13.2 Å². The first kappa shape index (κ1) is 15.3. The van der Waals surface area contributed by atoms with Gasteiger partial charge in [0.1, 0.15) is 5.75 Å². The summed E-state index contributed by atoms with van der Waals surface area (Å²) in [4.78, 5) is 11.0. The van der Waals surface area contributed by atoms with E-state index in [9.17, 15) is 18.0 Å². The molecule has 0 saturated heterocycles. The van der Waals surface area contributed by atoms with E-state index in [0.29, 0.717) is 5.56 Å². The highest BCUT2D eigenvalue weighted by Gasteiger charge is 2.31. The molecule has 1 unspecified atom stereocenters. The Morgan fingerprint density at radius 1 is 1.37 bits per heavy atom. The number of hydrogen-bond donors (Lipinski definition) is 2. The average molecular weight is 277 g/mol. The van der Waals surface area contributed by atoms with Gasteiger partial charge >= 0.3 is 6.36 Å². The molecule has 0 aliphatic rings. The molecular weight excluding hydrogens is 263 g/mol. The lowest BCUT2D eigenvalue weighted by atomic mass is 10.0. The first-order valence-electron chi connectivity index (χ1n) is 5.55. The van der Waals surface area contributed by atoms with Gasteiger partial charge in [0.15, 0.2) is 0 Å². The van der Waals surface area contributed by atoms with Crippen molar-refractivity contribution in [3.63, 3.8) is 0 Å². The quantitative estimate of drug-likeness (QED) is 0.867. The Labute approximate surface area is 108 Å². The summed E-state index contributed by atoms with van der Waals surface area (Å²) in [5.41, 5.74) is 0.596. The Kier molecular flexibility index (Phi) is 5.17. The fourth-order valence-corrected chi connectivity index (χ4v) is 1.60. The number of carbonyl (C=O) groups is 1. The molecule has 1 amide bonds. The van der Waals surface area contributed by atoms with Crippen LogP contribution in [0.2, 0.25) is 0 Å². The number of rotatable bonds is 5. The maximum absolute atomic E-state index is 12.0. The van der Waals surface area contributed by atoms with Crippen LogP contribution in [0.25, 0.3) is 0 Å². The van der Waals surface area contributed by atoms with Crippen LogP contribution in [0.5, 0.6) is 5.75 Å². The lowest BCUT2D eigenvalue weighted by Crippen LogP contribution is -2.26. The summed E-state index contributed by atoms with van der Waals surface area (Å²) in [6.45, 7) is 1.18. The van der Waals surface area contributed by atoms with E-state index in [1.807, 2.05) is 0 Å². The zero-order chi connectivity index (χ0) is 14.5. The van der Waals surface area contributed by atoms with Gasteiger partial charge in [0, 0.05) is 13.5 Å². The summed E-state index contributed by atoms with van der Waals surface area (Å²) < 4.78 is 39.7. The lowest BCUT2D eigenvalue weighted by molar-refractivity contribution is -0.274. The maximum Gasteiger partial charge on any atom is 0.573 e. The number of nitrogens with one attached hydrogen (secondary N) is 1. The van der Waals surface area contributed by atoms with Gasteiger partial charge in [0.2, 0.25) is 5.91 Å². The van der Waals surface area contributed by atoms with Crippen LogP contribution in [0.3, 0.4) is 0 Å². The number of aliphatic hydroxyl groups excluding tert-OH is 1. The van der Waals surface area contributed by atoms with Crippen molar-refractivity contribution in [2.75, 3.05) is 6.61 Å². The third-order valence-corrected chi connectivity index (χ3v) is 2.31. The van der Waals surface area contributed by atoms with Crippen LogP contribution in [-0.2, 0) is 4.79 Å². The van der Waals surface area contributed by atoms with E-state index in [-0.39, 0.29) is 24.7 Å². The fourth-order valence-electron chi connectivity index (χ4n) is 1.60. The van der Waals surface area contributed by atoms with Crippen LogP contribution in [-0.4, -0.2) is 24.0 Å². The van der Waals surface area contributed by atoms with E-state index < -0.39 is 12.4 Å². The number of aliphatic hydroxyl groups is 1. The van der Waals surface area contributed by atoms with Crippen molar-refractivity contribution in [1.29, 1.82) is 0 Å². The standard InChI is InChI=1S/C12H14F3NO3/c1-8(18)16-11(6-7-17)9-2-4-10(5-3-9)19-12(13,14)15/h2-5,11,17H,6-7H2,1H3,(H,16,18). The number of ether oxygens (including phenoxy) is 1. The average Bonchev–Trinajstić information content (AvgIpc) is 2.27. The molecule has 1 aromatic carbocycles. The first-order valence-corrected chi connectivity index (χ1v) is 5.55. The van der Waals surface area contributed by atoms with Crippen molar-refractivity contribution in [3.05, 3.63) is 29.8 Å². The summed E-state index contributed by atoms with van der Waals surface area (Å²) in [6, 6.07) is 4.71. The second kappa shape index (κ2) is 6.42. The highest BCUT2D eigenvalue weighted by atomic mass is 19.4. The second-order valence-corrected chi connectivity index (χ2v) is 3.88. The molecule has 0 saturated carbocycles. The van der Waals surface area contributed by atoms with E-state index in [2.05, 4.69) is 10.1 Å². The summed E-state index contributed by atoms with van der Waals surface area (Å²) in [6.07, 6.45) is -4.46. The molecular formula is C12H14F3NO3. The number of carbonyl (C=O) groups excluding carboxylic acids is 1. The van der Waals surface area contributed by atoms with Crippen molar-refractivity contribution in [3.8, 4) is 5.75 Å². The third kappa shape index (κ3) is 5.60. The smallest absolute Gasteiger partial charge is 0.406 e. The molecule has 7 heteroatoms. The highest BCUT2D eigenvalue weighted by molar-refractivity contribution is 5.73. The van der Waals surface area contributed by atoms with Crippen molar-refractivity contribution in [2.24, 2.45) is 0 Å². The van der Waals surface area contributed by atoms with Gasteiger partial charge in [0.25, 0.3) is 0 Å². The Bertz CT molecular complexity index is 417. The van der Waals surface area contributed by atoms with Gasteiger partial charge in [-0.15, -0.1) is 13.2 Å². The predicted molar refractivity (Wildman–Crippen MR) is 61.4 cm³/mol. The molecule has 0 aromatic heterocycles. The second-order valence-electron chi connectivity index (χ2n) is 3.88. The molecule has 0 bridgehead atoms. The number of alkyl halides is 3. The van der Waals surface area contributed by atoms with Crippen LogP contribution < -0.4 is 10.1 Å². The van der Waals surface area contributed by atoms with Crippen molar-refractivity contribution < 1.29 is 27.8 Å². The molecule has 1 rings (SSSR count). The molecule has 106 valence electrons. The van der Waals surface area contributed by atoms with Crippen LogP contribution >= 0.6 is 0 Å². The van der Waals surface area contributed by atoms with Crippen molar-refractivity contribution in [1.82, 2.24) is 5.32 Å². The van der Waals surface area contributed by atoms with Gasteiger partial charge in [-0.1, -0.05) is 12.1 Å². The van der Waals surface area contributed by atoms with Crippen LogP contribution in [0, 0.1) is 0 Å². The molecule has 19 heavy (non-hydrogen) atoms. The summed E-state index contributed by atoms with van der Waals surface area (Å²) >= 11 is 0. The minimum atomic E-state index is -4.73. The van der Waals surface area contributed by atoms with Gasteiger partial charge in [-0.05, 0) is 24.1 Å². The SMILES string of the molecule is CC(=O)NC(CCO)c1ccc(OC(F)(F)F)cc1. The topological polar surface area (TPSA) is 58.6 Å². The molecule has 1 atom stereocenters. The molecule has 0 aliphatic carbocycles. The predicted octanol–water partition coefficient (Wildman–Crippen LogP) is 2.14. The first-order chi connectivity index (χ1) is 8.81. The molecule has 0 radical (unpaired) electrons. The van der Waals surface area contributed by atoms with Gasteiger partial charge < -0.3 is 15.2 Å². The maximum atomic E-state index is 12.0. The number of amides is 1. The summed E-state index contributed by atoms with van der Waals surface area (Å²) in [5, 5.41) is 11.5. The van der Waals surface area contributed by atoms with Gasteiger partial charge in [0.05, 0.1) is 6.04 Å². The molecule has 1 aromatic rings. The van der Waals surface area contributed by atoms with Crippen LogP contribution in [0.15, 0.2) is 24.3 Å². The normalized spacial score (nSPS) is 12.9. The minimum absolute atomic E-state index is 0.147. The van der Waals surface area contributed by atoms with E-state index in [1.54, 1.807) is 0 Å². The molecule has 4 nitrogen and oxygen atoms in total. The Hall–Kier alpha value is -1.76. The number of benzene rings is 1. The molecule has 0 heterocycles. The van der Waals surface area contributed by atoms with E-state index in [0.717, 1.165) is 12.1 Å². The Balaban J connectivity index is 2.79. The van der Waals surface area contributed by atoms with E-state index >= 15 is 0 Å². The van der Waals surface area contributed by atoms with Crippen molar-refractivity contribution >= 4 is 5.91 Å². The van der Waals surface area contributed by atoms with Gasteiger partial charge in [-0.2, -0.15) is 0 Å². The highest BCUT2D eigenvalue weighted by Crippen LogP contribution is 2.25. The van der Waals surface area contributed by atoms with Gasteiger partial charge in [-0.25, -0.2) is 0 Å². The Morgan fingerprint density at radius 2 is 1.95 bits per heavy atom. The molecule has 0 spiro atoms. The molecule has 2 N–H and O–H groups in total. The minimum Gasteiger partial charge on any atom is -0.406 e. The molecule has 0 aliphatic heterocycles. The van der Waals surface area contributed by atoms with Crippen molar-refractivity contribution in [2.45, 2.75) is 25.7 Å². The number of hydrogen-bond acceptors (Lipinski definition) is 3. The summed E-state index contributed by atoms with van der Waals surface area (Å²) in [7, 11) is 0. The third-order valence-electron chi connectivity index (χ3n) is 2.31. The number of halogens is 3. The molecule has 0 fully saturated rings. The van der Waals surface area contributed by atoms with Gasteiger partial charge in [-0.3, -0.25) is 4.79 Å². The van der Waals surface area contributed by atoms with E-state index in [1.165, 1.54) is 19.1 Å². The monoisotopic (exact) mass is 277 g/mol. The largest absolute Gasteiger partial charge is 0.573 e. The summed E-state index contributed by atoms with van der Waals surface area (Å²) in [5.74, 6) is -0.615. The van der Waals surface area contributed by atoms with E-state index in [4.69, 9.17) is 5.11 Å². The zero-order valence-electron chi connectivity index (χ0n) is 10.2. The Morgan fingerprint density at radius 3 is 2.37 bits per heavy atom. The zero-order valence-corrected chi connectivity index (χ0v) is 10.2. The fraction of sp³-hybridized carbons (Fsp3) is 0.417. The van der Waals surface area contributed by atoms with Crippen LogP contribution in [0.1, 0.15) is 24.9 Å².